The highest BCUT2D eigenvalue weighted by molar-refractivity contribution is 5.93. The third-order valence-electron chi connectivity index (χ3n) is 3.79. The van der Waals surface area contributed by atoms with Gasteiger partial charge in [-0.2, -0.15) is 0 Å². The molecule has 0 atom stereocenters. The van der Waals surface area contributed by atoms with Crippen molar-refractivity contribution in [3.05, 3.63) is 70.8 Å². The van der Waals surface area contributed by atoms with E-state index in [0.717, 1.165) is 24.6 Å². The molecular weight excluding hydrogens is 312 g/mol. The molecule has 0 saturated carbocycles. The first kappa shape index (κ1) is 18.5. The summed E-state index contributed by atoms with van der Waals surface area (Å²) >= 11 is 0. The molecule has 0 heterocycles. The molecule has 25 heavy (non-hydrogen) atoms. The predicted octanol–water partition coefficient (Wildman–Crippen LogP) is 2.61. The topological polar surface area (TPSA) is 65.5 Å². The first-order valence-electron chi connectivity index (χ1n) is 8.51. The molecule has 0 fully saturated rings. The molecule has 132 valence electrons. The van der Waals surface area contributed by atoms with E-state index in [9.17, 15) is 4.79 Å². The Morgan fingerprint density at radius 1 is 0.960 bits per heavy atom. The normalized spacial score (nSPS) is 11.1. The number of carbonyl (C=O) groups excluding carboxylic acids is 1. The minimum absolute atomic E-state index is 0.0804. The van der Waals surface area contributed by atoms with Crippen LogP contribution < -0.4 is 16.0 Å². The van der Waals surface area contributed by atoms with E-state index in [-0.39, 0.29) is 5.91 Å². The Hall–Kier alpha value is -2.82. The molecule has 1 amide bonds. The van der Waals surface area contributed by atoms with Crippen LogP contribution in [0.25, 0.3) is 0 Å². The molecule has 0 aromatic heterocycles. The standard InChI is InChI=1S/C20H26N4O/c1-4-22-20(23-13-16-7-5-15(2)6-8-16)24-14-17-9-11-18(12-10-17)19(25)21-3/h5-12H,4,13-14H2,1-3H3,(H,21,25)(H2,22,23,24). The second kappa shape index (κ2) is 9.47. The Morgan fingerprint density at radius 3 is 2.20 bits per heavy atom. The Morgan fingerprint density at radius 2 is 1.60 bits per heavy atom. The molecule has 2 aromatic carbocycles. The Kier molecular flexibility index (Phi) is 7.01. The fraction of sp³-hybridized carbons (Fsp3) is 0.300. The van der Waals surface area contributed by atoms with Crippen LogP contribution in [-0.2, 0) is 13.1 Å². The van der Waals surface area contributed by atoms with Gasteiger partial charge in [-0.3, -0.25) is 4.79 Å². The van der Waals surface area contributed by atoms with E-state index >= 15 is 0 Å². The summed E-state index contributed by atoms with van der Waals surface area (Å²) in [6.45, 7) is 6.20. The number of hydrogen-bond donors (Lipinski definition) is 3. The molecule has 0 bridgehead atoms. The van der Waals surface area contributed by atoms with Crippen molar-refractivity contribution in [3.63, 3.8) is 0 Å². The van der Waals surface area contributed by atoms with E-state index in [1.165, 1.54) is 11.1 Å². The van der Waals surface area contributed by atoms with Crippen LogP contribution in [0.2, 0.25) is 0 Å². The summed E-state index contributed by atoms with van der Waals surface area (Å²) < 4.78 is 0. The maximum Gasteiger partial charge on any atom is 0.251 e. The monoisotopic (exact) mass is 338 g/mol. The fourth-order valence-electron chi connectivity index (χ4n) is 2.31. The van der Waals surface area contributed by atoms with Gasteiger partial charge in [-0.25, -0.2) is 4.99 Å². The van der Waals surface area contributed by atoms with Crippen molar-refractivity contribution in [2.75, 3.05) is 13.6 Å². The number of benzene rings is 2. The van der Waals surface area contributed by atoms with Gasteiger partial charge in [-0.05, 0) is 37.1 Å². The Balaban J connectivity index is 1.96. The summed E-state index contributed by atoms with van der Waals surface area (Å²) in [5, 5.41) is 9.21. The number of amides is 1. The van der Waals surface area contributed by atoms with E-state index in [4.69, 9.17) is 0 Å². The van der Waals surface area contributed by atoms with Gasteiger partial charge in [0.2, 0.25) is 0 Å². The number of nitrogens with zero attached hydrogens (tertiary/aromatic N) is 1. The zero-order valence-electron chi connectivity index (χ0n) is 15.1. The number of aliphatic imine (C=N–C) groups is 1. The summed E-state index contributed by atoms with van der Waals surface area (Å²) in [7, 11) is 1.63. The van der Waals surface area contributed by atoms with Crippen molar-refractivity contribution < 1.29 is 4.79 Å². The number of aryl methyl sites for hydroxylation is 1. The highest BCUT2D eigenvalue weighted by atomic mass is 16.1. The molecule has 5 heteroatoms. The van der Waals surface area contributed by atoms with E-state index in [1.54, 1.807) is 7.05 Å². The third kappa shape index (κ3) is 5.95. The van der Waals surface area contributed by atoms with Crippen LogP contribution in [0.4, 0.5) is 0 Å². The lowest BCUT2D eigenvalue weighted by Crippen LogP contribution is -2.36. The van der Waals surface area contributed by atoms with Crippen LogP contribution in [0, 0.1) is 6.92 Å². The minimum atomic E-state index is -0.0804. The van der Waals surface area contributed by atoms with E-state index in [1.807, 2.05) is 31.2 Å². The fourth-order valence-corrected chi connectivity index (χ4v) is 2.31. The van der Waals surface area contributed by atoms with Crippen molar-refractivity contribution >= 4 is 11.9 Å². The maximum atomic E-state index is 11.6. The number of nitrogens with one attached hydrogen (secondary N) is 3. The second-order valence-corrected chi connectivity index (χ2v) is 5.81. The minimum Gasteiger partial charge on any atom is -0.357 e. The van der Waals surface area contributed by atoms with Crippen LogP contribution in [0.3, 0.4) is 0 Å². The van der Waals surface area contributed by atoms with Crippen molar-refractivity contribution in [2.24, 2.45) is 4.99 Å². The number of hydrogen-bond acceptors (Lipinski definition) is 2. The van der Waals surface area contributed by atoms with Gasteiger partial charge in [0.25, 0.3) is 5.91 Å². The molecule has 3 N–H and O–H groups in total. The molecule has 0 aliphatic rings. The van der Waals surface area contributed by atoms with Gasteiger partial charge >= 0.3 is 0 Å². The van der Waals surface area contributed by atoms with E-state index in [0.29, 0.717) is 12.1 Å². The van der Waals surface area contributed by atoms with Gasteiger partial charge in [-0.15, -0.1) is 0 Å². The van der Waals surface area contributed by atoms with Crippen molar-refractivity contribution in [2.45, 2.75) is 26.9 Å². The predicted molar refractivity (Wildman–Crippen MR) is 103 cm³/mol. The number of carbonyl (C=O) groups is 1. The van der Waals surface area contributed by atoms with Crippen LogP contribution in [0.5, 0.6) is 0 Å². The number of guanidine groups is 1. The molecule has 0 radical (unpaired) electrons. The lowest BCUT2D eigenvalue weighted by Gasteiger charge is -2.11. The molecule has 0 aliphatic carbocycles. The van der Waals surface area contributed by atoms with Gasteiger partial charge in [0.1, 0.15) is 0 Å². The molecule has 0 spiro atoms. The summed E-state index contributed by atoms with van der Waals surface area (Å²) in [6, 6.07) is 15.9. The molecule has 2 aromatic rings. The first-order valence-corrected chi connectivity index (χ1v) is 8.51. The second-order valence-electron chi connectivity index (χ2n) is 5.81. The Labute approximate surface area is 149 Å². The molecule has 0 unspecified atom stereocenters. The number of rotatable bonds is 6. The average molecular weight is 338 g/mol. The van der Waals surface area contributed by atoms with Crippen LogP contribution in [-0.4, -0.2) is 25.5 Å². The summed E-state index contributed by atoms with van der Waals surface area (Å²) in [5.74, 6) is 0.696. The van der Waals surface area contributed by atoms with Crippen LogP contribution in [0.15, 0.2) is 53.5 Å². The summed E-state index contributed by atoms with van der Waals surface area (Å²) in [5.41, 5.74) is 4.18. The van der Waals surface area contributed by atoms with Crippen molar-refractivity contribution in [3.8, 4) is 0 Å². The molecule has 2 rings (SSSR count). The van der Waals surface area contributed by atoms with Crippen LogP contribution >= 0.6 is 0 Å². The van der Waals surface area contributed by atoms with Gasteiger partial charge in [0.15, 0.2) is 5.96 Å². The van der Waals surface area contributed by atoms with Crippen LogP contribution in [0.1, 0.15) is 34.0 Å². The SMILES string of the molecule is CCNC(=NCc1ccc(C(=O)NC)cc1)NCc1ccc(C)cc1. The largest absolute Gasteiger partial charge is 0.357 e. The summed E-state index contributed by atoms with van der Waals surface area (Å²) in [4.78, 5) is 16.2. The van der Waals surface area contributed by atoms with E-state index < -0.39 is 0 Å². The highest BCUT2D eigenvalue weighted by Gasteiger charge is 2.03. The lowest BCUT2D eigenvalue weighted by molar-refractivity contribution is 0.0963. The van der Waals surface area contributed by atoms with Crippen molar-refractivity contribution in [1.29, 1.82) is 0 Å². The highest BCUT2D eigenvalue weighted by Crippen LogP contribution is 2.06. The van der Waals surface area contributed by atoms with Gasteiger partial charge < -0.3 is 16.0 Å². The zero-order valence-corrected chi connectivity index (χ0v) is 15.1. The maximum absolute atomic E-state index is 11.6. The zero-order chi connectivity index (χ0) is 18.1. The lowest BCUT2D eigenvalue weighted by atomic mass is 10.1. The third-order valence-corrected chi connectivity index (χ3v) is 3.79. The first-order chi connectivity index (χ1) is 12.1. The summed E-state index contributed by atoms with van der Waals surface area (Å²) in [6.07, 6.45) is 0. The van der Waals surface area contributed by atoms with Crippen molar-refractivity contribution in [1.82, 2.24) is 16.0 Å². The Bertz CT molecular complexity index is 705. The molecule has 0 saturated heterocycles. The molecular formula is C20H26N4O. The van der Waals surface area contributed by atoms with E-state index in [2.05, 4.69) is 52.1 Å². The quantitative estimate of drug-likeness (QED) is 0.560. The van der Waals surface area contributed by atoms with Gasteiger partial charge in [-0.1, -0.05) is 42.0 Å². The smallest absolute Gasteiger partial charge is 0.251 e. The molecule has 0 aliphatic heterocycles. The average Bonchev–Trinajstić information content (AvgIpc) is 2.65. The molecule has 5 nitrogen and oxygen atoms in total. The van der Waals surface area contributed by atoms with Gasteiger partial charge in [0.05, 0.1) is 6.54 Å². The van der Waals surface area contributed by atoms with Gasteiger partial charge in [0, 0.05) is 25.7 Å².